The average Bonchev–Trinajstić information content (AvgIpc) is 2.35. The molecule has 0 bridgehead atoms. The van der Waals surface area contributed by atoms with E-state index in [1.165, 1.54) is 6.42 Å². The van der Waals surface area contributed by atoms with Crippen molar-refractivity contribution in [2.45, 2.75) is 58.6 Å². The Morgan fingerprint density at radius 3 is 2.83 bits per heavy atom. The van der Waals surface area contributed by atoms with Gasteiger partial charge < -0.3 is 15.4 Å². The third-order valence-electron chi connectivity index (χ3n) is 3.36. The van der Waals surface area contributed by atoms with Gasteiger partial charge in [0.05, 0.1) is 6.10 Å². The first kappa shape index (κ1) is 15.4. The maximum Gasteiger partial charge on any atom is 0.222 e. The van der Waals surface area contributed by atoms with E-state index in [1.807, 2.05) is 13.8 Å². The lowest BCUT2D eigenvalue weighted by molar-refractivity contribution is -0.123. The Morgan fingerprint density at radius 1 is 1.39 bits per heavy atom. The number of hydrogen-bond donors (Lipinski definition) is 2. The summed E-state index contributed by atoms with van der Waals surface area (Å²) < 4.78 is 5.71. The van der Waals surface area contributed by atoms with E-state index in [9.17, 15) is 4.79 Å². The third kappa shape index (κ3) is 5.83. The maximum absolute atomic E-state index is 11.4. The number of ether oxygens (including phenoxy) is 1. The fourth-order valence-corrected chi connectivity index (χ4v) is 2.25. The molecule has 4 heteroatoms. The van der Waals surface area contributed by atoms with Crippen LogP contribution in [0.25, 0.3) is 0 Å². The molecule has 1 aliphatic rings. The fraction of sp³-hybridized carbons (Fsp3) is 0.929. The van der Waals surface area contributed by atoms with Gasteiger partial charge in [-0.2, -0.15) is 0 Å². The molecular formula is C14H28N2O2. The minimum absolute atomic E-state index is 0.0713. The first-order valence-corrected chi connectivity index (χ1v) is 7.26. The molecule has 1 aliphatic heterocycles. The Morgan fingerprint density at radius 2 is 2.17 bits per heavy atom. The first-order valence-electron chi connectivity index (χ1n) is 7.26. The molecule has 0 spiro atoms. The van der Waals surface area contributed by atoms with E-state index in [4.69, 9.17) is 4.74 Å². The highest BCUT2D eigenvalue weighted by atomic mass is 16.5. The molecular weight excluding hydrogens is 228 g/mol. The normalized spacial score (nSPS) is 24.2. The Hall–Kier alpha value is -0.610. The largest absolute Gasteiger partial charge is 0.378 e. The molecule has 2 unspecified atom stereocenters. The fourth-order valence-electron chi connectivity index (χ4n) is 2.25. The summed E-state index contributed by atoms with van der Waals surface area (Å²) in [5.74, 6) is 0.203. The van der Waals surface area contributed by atoms with Crippen LogP contribution in [0.15, 0.2) is 0 Å². The van der Waals surface area contributed by atoms with Gasteiger partial charge in [0.25, 0.3) is 0 Å². The monoisotopic (exact) mass is 256 g/mol. The van der Waals surface area contributed by atoms with E-state index in [2.05, 4.69) is 17.6 Å². The molecule has 1 heterocycles. The topological polar surface area (TPSA) is 50.4 Å². The van der Waals surface area contributed by atoms with Crippen LogP contribution in [0, 0.1) is 5.92 Å². The summed E-state index contributed by atoms with van der Waals surface area (Å²) in [5, 5.41) is 6.43. The lowest BCUT2D eigenvalue weighted by Gasteiger charge is -2.30. The second-order valence-electron chi connectivity index (χ2n) is 5.40. The van der Waals surface area contributed by atoms with Crippen LogP contribution in [-0.2, 0) is 9.53 Å². The smallest absolute Gasteiger partial charge is 0.222 e. The molecule has 1 amide bonds. The van der Waals surface area contributed by atoms with Crippen LogP contribution < -0.4 is 10.6 Å². The van der Waals surface area contributed by atoms with E-state index in [0.29, 0.717) is 18.7 Å². The van der Waals surface area contributed by atoms with Crippen molar-refractivity contribution in [3.63, 3.8) is 0 Å². The minimum Gasteiger partial charge on any atom is -0.378 e. The molecule has 0 aromatic heterocycles. The van der Waals surface area contributed by atoms with Crippen molar-refractivity contribution in [1.29, 1.82) is 0 Å². The molecule has 4 nitrogen and oxygen atoms in total. The average molecular weight is 256 g/mol. The van der Waals surface area contributed by atoms with Gasteiger partial charge in [-0.1, -0.05) is 27.2 Å². The van der Waals surface area contributed by atoms with E-state index in [0.717, 1.165) is 32.4 Å². The van der Waals surface area contributed by atoms with Gasteiger partial charge in [0.2, 0.25) is 5.91 Å². The van der Waals surface area contributed by atoms with Gasteiger partial charge in [-0.05, 0) is 19.3 Å². The van der Waals surface area contributed by atoms with Gasteiger partial charge in [0.1, 0.15) is 0 Å². The lowest BCUT2D eigenvalue weighted by atomic mass is 10.0. The van der Waals surface area contributed by atoms with Crippen molar-refractivity contribution < 1.29 is 9.53 Å². The standard InChI is InChI=1S/C14H28N2O2/c1-4-5-13-10-12(6-9-18-13)15-7-8-16-14(17)11(2)3/h11-13,15H,4-10H2,1-3H3,(H,16,17). The highest BCUT2D eigenvalue weighted by Gasteiger charge is 2.21. The highest BCUT2D eigenvalue weighted by Crippen LogP contribution is 2.17. The zero-order valence-electron chi connectivity index (χ0n) is 12.0. The van der Waals surface area contributed by atoms with Crippen LogP contribution in [0.2, 0.25) is 0 Å². The number of carbonyl (C=O) groups excluding carboxylic acids is 1. The molecule has 0 aromatic carbocycles. The Bertz CT molecular complexity index is 242. The number of nitrogens with one attached hydrogen (secondary N) is 2. The van der Waals surface area contributed by atoms with Crippen LogP contribution in [0.3, 0.4) is 0 Å². The van der Waals surface area contributed by atoms with Crippen LogP contribution in [-0.4, -0.2) is 37.7 Å². The molecule has 2 N–H and O–H groups in total. The first-order chi connectivity index (χ1) is 8.63. The lowest BCUT2D eigenvalue weighted by Crippen LogP contribution is -2.42. The van der Waals surface area contributed by atoms with E-state index in [1.54, 1.807) is 0 Å². The molecule has 106 valence electrons. The SMILES string of the molecule is CCCC1CC(NCCNC(=O)C(C)C)CCO1. The van der Waals surface area contributed by atoms with E-state index >= 15 is 0 Å². The highest BCUT2D eigenvalue weighted by molar-refractivity contribution is 5.77. The van der Waals surface area contributed by atoms with Gasteiger partial charge in [-0.3, -0.25) is 4.79 Å². The Labute approximate surface area is 111 Å². The van der Waals surface area contributed by atoms with Crippen molar-refractivity contribution in [3.05, 3.63) is 0 Å². The van der Waals surface area contributed by atoms with Crippen LogP contribution in [0.4, 0.5) is 0 Å². The summed E-state index contributed by atoms with van der Waals surface area (Å²) in [6.45, 7) is 8.45. The Balaban J connectivity index is 2.10. The molecule has 18 heavy (non-hydrogen) atoms. The molecule has 1 rings (SSSR count). The van der Waals surface area contributed by atoms with Gasteiger partial charge in [-0.25, -0.2) is 0 Å². The van der Waals surface area contributed by atoms with Crippen molar-refractivity contribution in [2.24, 2.45) is 5.92 Å². The van der Waals surface area contributed by atoms with Crippen molar-refractivity contribution in [2.75, 3.05) is 19.7 Å². The van der Waals surface area contributed by atoms with Crippen molar-refractivity contribution in [1.82, 2.24) is 10.6 Å². The predicted molar refractivity (Wildman–Crippen MR) is 73.5 cm³/mol. The van der Waals surface area contributed by atoms with Gasteiger partial charge in [-0.15, -0.1) is 0 Å². The zero-order valence-corrected chi connectivity index (χ0v) is 12.0. The maximum atomic E-state index is 11.4. The number of rotatable bonds is 7. The quantitative estimate of drug-likeness (QED) is 0.682. The molecule has 1 saturated heterocycles. The summed E-state index contributed by atoms with van der Waals surface area (Å²) in [6.07, 6.45) is 4.94. The second kappa shape index (κ2) is 8.48. The minimum atomic E-state index is 0.0713. The summed E-state index contributed by atoms with van der Waals surface area (Å²) >= 11 is 0. The van der Waals surface area contributed by atoms with Gasteiger partial charge >= 0.3 is 0 Å². The number of carbonyl (C=O) groups is 1. The number of amides is 1. The second-order valence-corrected chi connectivity index (χ2v) is 5.40. The molecule has 1 fully saturated rings. The third-order valence-corrected chi connectivity index (χ3v) is 3.36. The summed E-state index contributed by atoms with van der Waals surface area (Å²) in [7, 11) is 0. The summed E-state index contributed by atoms with van der Waals surface area (Å²) in [4.78, 5) is 11.4. The van der Waals surface area contributed by atoms with Crippen LogP contribution >= 0.6 is 0 Å². The molecule has 0 radical (unpaired) electrons. The van der Waals surface area contributed by atoms with E-state index in [-0.39, 0.29) is 11.8 Å². The van der Waals surface area contributed by atoms with Crippen LogP contribution in [0.1, 0.15) is 46.5 Å². The Kier molecular flexibility index (Phi) is 7.28. The summed E-state index contributed by atoms with van der Waals surface area (Å²) in [6, 6.07) is 0.547. The number of hydrogen-bond acceptors (Lipinski definition) is 3. The van der Waals surface area contributed by atoms with Gasteiger partial charge in [0.15, 0.2) is 0 Å². The van der Waals surface area contributed by atoms with Crippen LogP contribution in [0.5, 0.6) is 0 Å². The molecule has 0 aromatic rings. The predicted octanol–water partition coefficient (Wildman–Crippen LogP) is 1.70. The molecule has 0 aliphatic carbocycles. The zero-order chi connectivity index (χ0) is 13.4. The van der Waals surface area contributed by atoms with Crippen molar-refractivity contribution >= 4 is 5.91 Å². The van der Waals surface area contributed by atoms with E-state index < -0.39 is 0 Å². The molecule has 0 saturated carbocycles. The van der Waals surface area contributed by atoms with Crippen molar-refractivity contribution in [3.8, 4) is 0 Å². The molecule has 2 atom stereocenters. The van der Waals surface area contributed by atoms with Gasteiger partial charge in [0, 0.05) is 31.7 Å². The summed E-state index contributed by atoms with van der Waals surface area (Å²) in [5.41, 5.74) is 0.